The van der Waals surface area contributed by atoms with Crippen LogP contribution in [0.4, 0.5) is 0 Å². The summed E-state index contributed by atoms with van der Waals surface area (Å²) in [6, 6.07) is 25.7. The minimum Gasteiger partial charge on any atom is -0.0843 e. The van der Waals surface area contributed by atoms with E-state index in [2.05, 4.69) is 71.8 Å². The second-order valence-corrected chi connectivity index (χ2v) is 7.64. The number of halogens is 1. The van der Waals surface area contributed by atoms with E-state index < -0.39 is 0 Å². The predicted molar refractivity (Wildman–Crippen MR) is 121 cm³/mol. The molecule has 0 saturated carbocycles. The van der Waals surface area contributed by atoms with Crippen LogP contribution in [-0.2, 0) is 0 Å². The van der Waals surface area contributed by atoms with E-state index in [0.29, 0.717) is 0 Å². The quantitative estimate of drug-likeness (QED) is 0.213. The highest BCUT2D eigenvalue weighted by atomic mass is 35.5. The van der Waals surface area contributed by atoms with Crippen LogP contribution in [0.3, 0.4) is 0 Å². The Kier molecular flexibility index (Phi) is 3.97. The lowest BCUT2D eigenvalue weighted by Gasteiger charge is -2.15. The molecule has 0 aliphatic rings. The lowest BCUT2D eigenvalue weighted by Crippen LogP contribution is -1.89. The second-order valence-electron chi connectivity index (χ2n) is 6.59. The Morgan fingerprint density at radius 3 is 2.07 bits per heavy atom. The third-order valence-corrected chi connectivity index (χ3v) is 5.67. The van der Waals surface area contributed by atoms with Crippen molar-refractivity contribution < 1.29 is 0 Å². The first-order valence-corrected chi connectivity index (χ1v) is 10.4. The normalized spacial score (nSPS) is 11.2. The molecule has 27 heavy (non-hydrogen) atoms. The van der Waals surface area contributed by atoms with Crippen LogP contribution in [0.1, 0.15) is 5.56 Å². The molecule has 0 spiro atoms. The monoisotopic (exact) mass is 382 g/mol. The summed E-state index contributed by atoms with van der Waals surface area (Å²) in [5.41, 5.74) is 3.50. The van der Waals surface area contributed by atoms with E-state index in [-0.39, 0.29) is 0 Å². The largest absolute Gasteiger partial charge is 0.0843 e. The number of hydrogen-bond donors (Lipinski definition) is 0. The minimum atomic E-state index is 0.758. The molecule has 0 N–H and O–H groups in total. The zero-order chi connectivity index (χ0) is 18.4. The van der Waals surface area contributed by atoms with Gasteiger partial charge < -0.3 is 0 Å². The molecule has 0 nitrogen and oxygen atoms in total. The summed E-state index contributed by atoms with van der Waals surface area (Å²) in [5.74, 6) is 3.30. The van der Waals surface area contributed by atoms with Crippen molar-refractivity contribution in [3.63, 3.8) is 0 Å². The number of benzene rings is 5. The van der Waals surface area contributed by atoms with E-state index in [4.69, 9.17) is 11.6 Å². The molecule has 0 saturated heterocycles. The molecular weight excluding hydrogens is 368 g/mol. The van der Waals surface area contributed by atoms with Crippen molar-refractivity contribution in [2.75, 3.05) is 6.26 Å². The smallest absolute Gasteiger partial charge is 0.0406 e. The van der Waals surface area contributed by atoms with Gasteiger partial charge in [-0.05, 0) is 73.2 Å². The Morgan fingerprint density at radius 1 is 0.704 bits per heavy atom. The molecule has 0 aliphatic carbocycles. The molecule has 0 aliphatic heterocycles. The fourth-order valence-electron chi connectivity index (χ4n) is 3.90. The summed E-state index contributed by atoms with van der Waals surface area (Å²) in [7, 11) is 0. The van der Waals surface area contributed by atoms with Gasteiger partial charge in [-0.1, -0.05) is 83.9 Å². The van der Waals surface area contributed by atoms with E-state index in [9.17, 15) is 0 Å². The highest BCUT2D eigenvalue weighted by Gasteiger charge is 2.13. The summed E-state index contributed by atoms with van der Waals surface area (Å²) in [6.45, 7) is 0. The molecular formula is C25H15ClS. The molecule has 0 fully saturated rings. The molecule has 0 amide bonds. The van der Waals surface area contributed by atoms with Gasteiger partial charge >= 0.3 is 0 Å². The van der Waals surface area contributed by atoms with Gasteiger partial charge in [0.2, 0.25) is 0 Å². The summed E-state index contributed by atoms with van der Waals surface area (Å²) in [4.78, 5) is 0. The summed E-state index contributed by atoms with van der Waals surface area (Å²) in [5, 5.41) is 11.5. The van der Waals surface area contributed by atoms with Gasteiger partial charge in [0, 0.05) is 10.6 Å². The van der Waals surface area contributed by atoms with Crippen molar-refractivity contribution in [1.29, 1.82) is 0 Å². The number of hydrogen-bond acceptors (Lipinski definition) is 1. The van der Waals surface area contributed by atoms with E-state index in [1.807, 2.05) is 18.4 Å². The van der Waals surface area contributed by atoms with Crippen LogP contribution in [0.5, 0.6) is 0 Å². The predicted octanol–water partition coefficient (Wildman–Crippen LogP) is 7.58. The highest BCUT2D eigenvalue weighted by Crippen LogP contribution is 2.40. The maximum absolute atomic E-state index is 6.09. The van der Waals surface area contributed by atoms with Crippen LogP contribution >= 0.6 is 23.4 Å². The van der Waals surface area contributed by atoms with E-state index >= 15 is 0 Å². The molecule has 5 aromatic rings. The number of thioether (sulfide) groups is 1. The van der Waals surface area contributed by atoms with Gasteiger partial charge in [-0.3, -0.25) is 0 Å². The summed E-state index contributed by atoms with van der Waals surface area (Å²) in [6.07, 6.45) is 2.00. The first kappa shape index (κ1) is 16.5. The molecule has 0 heterocycles. The topological polar surface area (TPSA) is 0 Å². The standard InChI is InChI=1S/C25H15ClS/c1-27-15-14-17-2-3-18-8-13-23-21(16-4-9-20(26)10-5-16)11-6-19-7-12-22(17)24(18)25(19)23/h2-13H,1H3. The SMILES string of the molecule is CSC#Cc1ccc2ccc3c(-c4ccc(Cl)cc4)ccc4ccc1c2c43. The molecule has 0 aromatic heterocycles. The van der Waals surface area contributed by atoms with Crippen LogP contribution in [0.2, 0.25) is 5.02 Å². The Morgan fingerprint density at radius 2 is 1.33 bits per heavy atom. The zero-order valence-electron chi connectivity index (χ0n) is 14.7. The van der Waals surface area contributed by atoms with Gasteiger partial charge in [-0.15, -0.1) is 0 Å². The van der Waals surface area contributed by atoms with Crippen LogP contribution in [0, 0.1) is 11.2 Å². The number of rotatable bonds is 1. The van der Waals surface area contributed by atoms with Crippen LogP contribution in [0.15, 0.2) is 72.8 Å². The molecule has 0 radical (unpaired) electrons. The first-order chi connectivity index (χ1) is 13.3. The van der Waals surface area contributed by atoms with Crippen LogP contribution < -0.4 is 0 Å². The van der Waals surface area contributed by atoms with Crippen molar-refractivity contribution in [3.05, 3.63) is 83.4 Å². The second kappa shape index (κ2) is 6.50. The summed E-state index contributed by atoms with van der Waals surface area (Å²) >= 11 is 7.63. The average Bonchev–Trinajstić information content (AvgIpc) is 2.71. The van der Waals surface area contributed by atoms with Gasteiger partial charge in [-0.2, -0.15) is 0 Å². The maximum atomic E-state index is 6.09. The molecule has 5 rings (SSSR count). The Labute approximate surface area is 167 Å². The van der Waals surface area contributed by atoms with E-state index in [1.54, 1.807) is 11.8 Å². The van der Waals surface area contributed by atoms with Crippen LogP contribution in [-0.4, -0.2) is 6.26 Å². The van der Waals surface area contributed by atoms with Gasteiger partial charge in [0.05, 0.1) is 0 Å². The molecule has 0 unspecified atom stereocenters. The molecule has 128 valence electrons. The van der Waals surface area contributed by atoms with Crippen molar-refractivity contribution >= 4 is 55.7 Å². The Bertz CT molecular complexity index is 1350. The average molecular weight is 383 g/mol. The first-order valence-electron chi connectivity index (χ1n) is 8.77. The third kappa shape index (κ3) is 2.65. The molecule has 5 aromatic carbocycles. The Hall–Kier alpha value is -2.66. The summed E-state index contributed by atoms with van der Waals surface area (Å²) < 4.78 is 0. The van der Waals surface area contributed by atoms with Gasteiger partial charge in [0.1, 0.15) is 0 Å². The van der Waals surface area contributed by atoms with E-state index in [0.717, 1.165) is 10.6 Å². The zero-order valence-corrected chi connectivity index (χ0v) is 16.3. The van der Waals surface area contributed by atoms with Crippen molar-refractivity contribution in [3.8, 4) is 22.3 Å². The van der Waals surface area contributed by atoms with E-state index in [1.165, 1.54) is 43.4 Å². The molecule has 2 heteroatoms. The van der Waals surface area contributed by atoms with Crippen molar-refractivity contribution in [2.45, 2.75) is 0 Å². The lowest BCUT2D eigenvalue weighted by molar-refractivity contribution is 1.66. The van der Waals surface area contributed by atoms with Crippen LogP contribution in [0.25, 0.3) is 43.4 Å². The fourth-order valence-corrected chi connectivity index (χ4v) is 4.24. The minimum absolute atomic E-state index is 0.758. The molecule has 0 atom stereocenters. The third-order valence-electron chi connectivity index (χ3n) is 5.11. The van der Waals surface area contributed by atoms with Gasteiger partial charge in [0.25, 0.3) is 0 Å². The maximum Gasteiger partial charge on any atom is 0.0406 e. The molecule has 0 bridgehead atoms. The van der Waals surface area contributed by atoms with Gasteiger partial charge in [0.15, 0.2) is 0 Å². The van der Waals surface area contributed by atoms with Crippen molar-refractivity contribution in [2.24, 2.45) is 0 Å². The van der Waals surface area contributed by atoms with Gasteiger partial charge in [-0.25, -0.2) is 0 Å². The fraction of sp³-hybridized carbons (Fsp3) is 0.0400. The lowest BCUT2D eigenvalue weighted by atomic mass is 9.88. The Balaban J connectivity index is 1.90. The van der Waals surface area contributed by atoms with Crippen molar-refractivity contribution in [1.82, 2.24) is 0 Å². The highest BCUT2D eigenvalue weighted by molar-refractivity contribution is 8.03.